The molecule has 1 aromatic rings. The summed E-state index contributed by atoms with van der Waals surface area (Å²) < 4.78 is 0. The monoisotopic (exact) mass is 399 g/mol. The van der Waals surface area contributed by atoms with Crippen molar-refractivity contribution in [2.75, 3.05) is 0 Å². The third-order valence-electron chi connectivity index (χ3n) is 5.16. The fourth-order valence-electron chi connectivity index (χ4n) is 3.41. The quantitative estimate of drug-likeness (QED) is 0.199. The van der Waals surface area contributed by atoms with E-state index in [1.807, 2.05) is 18.2 Å². The van der Waals surface area contributed by atoms with E-state index in [4.69, 9.17) is 0 Å². The van der Waals surface area contributed by atoms with Crippen molar-refractivity contribution in [2.45, 2.75) is 107 Å². The molecule has 0 bridgehead atoms. The van der Waals surface area contributed by atoms with Crippen LogP contribution in [0.5, 0.6) is 0 Å². The summed E-state index contributed by atoms with van der Waals surface area (Å²) in [7, 11) is 0. The Morgan fingerprint density at radius 3 is 1.86 bits per heavy atom. The van der Waals surface area contributed by atoms with Crippen LogP contribution in [0.3, 0.4) is 0 Å². The number of thioether (sulfide) groups is 1. The Morgan fingerprint density at radius 2 is 1.39 bits per heavy atom. The molecule has 1 aromatic heterocycles. The van der Waals surface area contributed by atoms with Gasteiger partial charge in [-0.3, -0.25) is 0 Å². The molecule has 0 spiro atoms. The van der Waals surface area contributed by atoms with Gasteiger partial charge in [0.05, 0.1) is 23.1 Å². The summed E-state index contributed by atoms with van der Waals surface area (Å²) in [5, 5.41) is 19.4. The highest BCUT2D eigenvalue weighted by molar-refractivity contribution is 8.00. The van der Waals surface area contributed by atoms with E-state index in [-0.39, 0.29) is 11.2 Å². The van der Waals surface area contributed by atoms with Gasteiger partial charge >= 0.3 is 0 Å². The Bertz CT molecular complexity index is 561. The van der Waals surface area contributed by atoms with E-state index in [1.165, 1.54) is 88.8 Å². The van der Waals surface area contributed by atoms with Gasteiger partial charge in [0.25, 0.3) is 0 Å². The van der Waals surface area contributed by atoms with E-state index in [0.29, 0.717) is 0 Å². The van der Waals surface area contributed by atoms with E-state index in [0.717, 1.165) is 17.9 Å². The van der Waals surface area contributed by atoms with E-state index in [9.17, 15) is 10.5 Å². The lowest BCUT2D eigenvalue weighted by molar-refractivity contribution is 0.517. The largest absolute Gasteiger partial charge is 0.250 e. The number of nitrogens with zero attached hydrogens (tertiary/aromatic N) is 3. The van der Waals surface area contributed by atoms with Crippen LogP contribution in [0.1, 0.15) is 96.8 Å². The van der Waals surface area contributed by atoms with Gasteiger partial charge in [0.15, 0.2) is 0 Å². The van der Waals surface area contributed by atoms with Crippen LogP contribution in [-0.4, -0.2) is 10.2 Å². The zero-order chi connectivity index (χ0) is 20.3. The van der Waals surface area contributed by atoms with Gasteiger partial charge in [-0.15, -0.1) is 0 Å². The Balaban J connectivity index is 2.04. The van der Waals surface area contributed by atoms with Crippen molar-refractivity contribution in [1.29, 1.82) is 10.5 Å². The summed E-state index contributed by atoms with van der Waals surface area (Å²) in [5.41, 5.74) is 0. The third kappa shape index (κ3) is 12.0. The summed E-state index contributed by atoms with van der Waals surface area (Å²) in [6.45, 7) is 2.27. The molecule has 0 saturated carbocycles. The van der Waals surface area contributed by atoms with E-state index in [1.54, 1.807) is 6.20 Å². The molecule has 154 valence electrons. The third-order valence-corrected chi connectivity index (χ3v) is 6.33. The number of pyridine rings is 1. The van der Waals surface area contributed by atoms with Crippen molar-refractivity contribution in [3.63, 3.8) is 0 Å². The summed E-state index contributed by atoms with van der Waals surface area (Å²) in [6.07, 6.45) is 19.7. The maximum atomic E-state index is 9.46. The van der Waals surface area contributed by atoms with Gasteiger partial charge in [-0.1, -0.05) is 108 Å². The molecule has 28 heavy (non-hydrogen) atoms. The predicted octanol–water partition coefficient (Wildman–Crippen LogP) is 7.69. The fraction of sp³-hybridized carbons (Fsp3) is 0.708. The lowest BCUT2D eigenvalue weighted by Crippen LogP contribution is -2.14. The molecule has 1 heterocycles. The smallest absolute Gasteiger partial charge is 0.114 e. The second kappa shape index (κ2) is 17.6. The minimum Gasteiger partial charge on any atom is -0.250 e. The molecule has 1 rings (SSSR count). The van der Waals surface area contributed by atoms with E-state index in [2.05, 4.69) is 24.0 Å². The van der Waals surface area contributed by atoms with Gasteiger partial charge in [0, 0.05) is 6.20 Å². The highest BCUT2D eigenvalue weighted by Crippen LogP contribution is 2.29. The summed E-state index contributed by atoms with van der Waals surface area (Å²) >= 11 is 1.41. The molecular weight excluding hydrogens is 362 g/mol. The van der Waals surface area contributed by atoms with Gasteiger partial charge in [-0.05, 0) is 18.6 Å². The normalized spacial score (nSPS) is 12.8. The fourth-order valence-corrected chi connectivity index (χ4v) is 4.36. The first-order valence-corrected chi connectivity index (χ1v) is 12.1. The zero-order valence-electron chi connectivity index (χ0n) is 17.6. The number of nitriles is 2. The molecular formula is C24H37N3S. The number of rotatable bonds is 17. The van der Waals surface area contributed by atoms with Crippen molar-refractivity contribution >= 4 is 11.8 Å². The first-order chi connectivity index (χ1) is 13.8. The predicted molar refractivity (Wildman–Crippen MR) is 119 cm³/mol. The molecule has 0 aromatic carbocycles. The van der Waals surface area contributed by atoms with Gasteiger partial charge in [0.2, 0.25) is 0 Å². The van der Waals surface area contributed by atoms with Crippen LogP contribution < -0.4 is 0 Å². The van der Waals surface area contributed by atoms with Crippen molar-refractivity contribution in [3.8, 4) is 12.1 Å². The minimum atomic E-state index is -0.336. The van der Waals surface area contributed by atoms with Gasteiger partial charge in [-0.25, -0.2) is 4.98 Å². The average Bonchev–Trinajstić information content (AvgIpc) is 2.73. The Kier molecular flexibility index (Phi) is 15.4. The van der Waals surface area contributed by atoms with Gasteiger partial charge in [-0.2, -0.15) is 10.5 Å². The maximum absolute atomic E-state index is 9.46. The average molecular weight is 400 g/mol. The van der Waals surface area contributed by atoms with E-state index >= 15 is 0 Å². The second-order valence-corrected chi connectivity index (χ2v) is 8.76. The lowest BCUT2D eigenvalue weighted by atomic mass is 9.98. The number of hydrogen-bond acceptors (Lipinski definition) is 4. The molecule has 0 fully saturated rings. The summed E-state index contributed by atoms with van der Waals surface area (Å²) in [5.74, 6) is -0.218. The lowest BCUT2D eigenvalue weighted by Gasteiger charge is -2.14. The first-order valence-electron chi connectivity index (χ1n) is 11.2. The zero-order valence-corrected chi connectivity index (χ0v) is 18.4. The van der Waals surface area contributed by atoms with Gasteiger partial charge in [0.1, 0.15) is 5.25 Å². The van der Waals surface area contributed by atoms with E-state index < -0.39 is 0 Å². The van der Waals surface area contributed by atoms with Crippen LogP contribution in [0.4, 0.5) is 0 Å². The molecule has 2 atom stereocenters. The second-order valence-electron chi connectivity index (χ2n) is 7.60. The van der Waals surface area contributed by atoms with Crippen LogP contribution in [0.2, 0.25) is 0 Å². The van der Waals surface area contributed by atoms with Crippen LogP contribution in [0.25, 0.3) is 0 Å². The number of unbranched alkanes of at least 4 members (excludes halogenated alkanes) is 12. The van der Waals surface area contributed by atoms with Crippen molar-refractivity contribution in [2.24, 2.45) is 5.92 Å². The van der Waals surface area contributed by atoms with Crippen LogP contribution in [0, 0.1) is 28.6 Å². The highest BCUT2D eigenvalue weighted by atomic mass is 32.2. The molecule has 0 aliphatic carbocycles. The Labute approximate surface area is 176 Å². The molecule has 0 N–H and O–H groups in total. The number of hydrogen-bond donors (Lipinski definition) is 0. The SMILES string of the molecule is CCCCCCCCCCCCCCCC(C#N)C(C#N)Sc1ccccn1. The maximum Gasteiger partial charge on any atom is 0.114 e. The molecule has 0 aliphatic heterocycles. The Hall–Kier alpha value is -1.52. The van der Waals surface area contributed by atoms with Crippen molar-refractivity contribution in [1.82, 2.24) is 4.98 Å². The molecule has 2 unspecified atom stereocenters. The van der Waals surface area contributed by atoms with Crippen LogP contribution in [0.15, 0.2) is 29.4 Å². The highest BCUT2D eigenvalue weighted by Gasteiger charge is 2.22. The minimum absolute atomic E-state index is 0.218. The first kappa shape index (κ1) is 24.5. The van der Waals surface area contributed by atoms with Crippen molar-refractivity contribution in [3.05, 3.63) is 24.4 Å². The molecule has 4 heteroatoms. The van der Waals surface area contributed by atoms with Crippen molar-refractivity contribution < 1.29 is 0 Å². The standard InChI is InChI=1S/C24H37N3S/c1-2-3-4-5-6-7-8-9-10-11-12-13-14-17-22(20-25)23(21-26)28-24-18-15-16-19-27-24/h15-16,18-19,22-23H,2-14,17H2,1H3. The van der Waals surface area contributed by atoms with Crippen LogP contribution in [-0.2, 0) is 0 Å². The van der Waals surface area contributed by atoms with Gasteiger partial charge < -0.3 is 0 Å². The summed E-state index contributed by atoms with van der Waals surface area (Å²) in [4.78, 5) is 4.26. The van der Waals surface area contributed by atoms with Crippen LogP contribution >= 0.6 is 11.8 Å². The molecule has 0 aliphatic rings. The number of aromatic nitrogens is 1. The molecule has 0 radical (unpaired) electrons. The molecule has 0 amide bonds. The molecule has 0 saturated heterocycles. The topological polar surface area (TPSA) is 60.5 Å². The molecule has 3 nitrogen and oxygen atoms in total. The summed E-state index contributed by atoms with van der Waals surface area (Å²) in [6, 6.07) is 10.3. The Morgan fingerprint density at radius 1 is 0.821 bits per heavy atom.